The minimum absolute atomic E-state index is 0.164. The van der Waals surface area contributed by atoms with E-state index in [0.717, 1.165) is 5.56 Å². The summed E-state index contributed by atoms with van der Waals surface area (Å²) in [5.41, 5.74) is 7.20. The van der Waals surface area contributed by atoms with E-state index in [4.69, 9.17) is 5.73 Å². The van der Waals surface area contributed by atoms with Crippen LogP contribution in [0.4, 0.5) is 10.8 Å². The molecular weight excluding hydrogens is 308 g/mol. The monoisotopic (exact) mass is 320 g/mol. The number of anilines is 2. The summed E-state index contributed by atoms with van der Waals surface area (Å²) in [6.07, 6.45) is 0.164. The van der Waals surface area contributed by atoms with Crippen LogP contribution in [0.15, 0.2) is 28.6 Å². The third-order valence-corrected chi connectivity index (χ3v) is 5.08. The van der Waals surface area contributed by atoms with Crippen molar-refractivity contribution in [2.24, 2.45) is 0 Å². The highest BCUT2D eigenvalue weighted by Gasteiger charge is 2.40. The first-order valence-electron chi connectivity index (χ1n) is 6.23. The number of aromatic nitrogens is 2. The summed E-state index contributed by atoms with van der Waals surface area (Å²) < 4.78 is 0.601. The molecule has 0 radical (unpaired) electrons. The molecule has 1 atom stereocenters. The molecule has 2 N–H and O–H groups in total. The Labute approximate surface area is 129 Å². The van der Waals surface area contributed by atoms with Crippen LogP contribution in [0.5, 0.6) is 0 Å². The fourth-order valence-electron chi connectivity index (χ4n) is 2.05. The van der Waals surface area contributed by atoms with Gasteiger partial charge in [-0.2, -0.15) is 0 Å². The maximum atomic E-state index is 12.4. The van der Waals surface area contributed by atoms with E-state index in [1.54, 1.807) is 12.1 Å². The van der Waals surface area contributed by atoms with E-state index in [1.807, 2.05) is 19.1 Å². The molecule has 1 aliphatic heterocycles. The molecule has 108 valence electrons. The van der Waals surface area contributed by atoms with Gasteiger partial charge in [-0.15, -0.1) is 10.2 Å². The normalized spacial score (nSPS) is 18.5. The molecule has 0 saturated carbocycles. The second-order valence-electron chi connectivity index (χ2n) is 4.62. The summed E-state index contributed by atoms with van der Waals surface area (Å²) >= 11 is 2.45. The number of nitrogens with two attached hydrogens (primary N) is 1. The fraction of sp³-hybridized carbons (Fsp3) is 0.231. The highest BCUT2D eigenvalue weighted by atomic mass is 32.2. The van der Waals surface area contributed by atoms with E-state index < -0.39 is 5.25 Å². The van der Waals surface area contributed by atoms with Gasteiger partial charge in [0.1, 0.15) is 5.25 Å². The van der Waals surface area contributed by atoms with Crippen LogP contribution in [0.3, 0.4) is 0 Å². The van der Waals surface area contributed by atoms with Crippen molar-refractivity contribution in [1.82, 2.24) is 10.2 Å². The summed E-state index contributed by atoms with van der Waals surface area (Å²) in [4.78, 5) is 25.8. The van der Waals surface area contributed by atoms with Gasteiger partial charge >= 0.3 is 0 Å². The van der Waals surface area contributed by atoms with Crippen molar-refractivity contribution in [3.05, 3.63) is 29.8 Å². The average Bonchev–Trinajstić information content (AvgIpc) is 2.96. The smallest absolute Gasteiger partial charge is 0.247 e. The Morgan fingerprint density at radius 3 is 2.62 bits per heavy atom. The van der Waals surface area contributed by atoms with Crippen LogP contribution < -0.4 is 10.6 Å². The number of nitrogens with zero attached hydrogens (tertiary/aromatic N) is 3. The van der Waals surface area contributed by atoms with Gasteiger partial charge in [0.05, 0.1) is 5.69 Å². The van der Waals surface area contributed by atoms with E-state index >= 15 is 0 Å². The predicted molar refractivity (Wildman–Crippen MR) is 82.3 cm³/mol. The summed E-state index contributed by atoms with van der Waals surface area (Å²) in [5.74, 6) is -0.415. The van der Waals surface area contributed by atoms with Gasteiger partial charge in [0.15, 0.2) is 4.34 Å². The predicted octanol–water partition coefficient (Wildman–Crippen LogP) is 1.85. The SMILES string of the molecule is Cc1ccc(N2C(=O)C[C@@H](Sc3nnc(N)s3)C2=O)cc1. The van der Waals surface area contributed by atoms with Crippen molar-refractivity contribution in [1.29, 1.82) is 0 Å². The van der Waals surface area contributed by atoms with Gasteiger partial charge in [-0.3, -0.25) is 9.59 Å². The number of nitrogen functional groups attached to an aromatic ring is 1. The number of hydrogen-bond acceptors (Lipinski definition) is 7. The first kappa shape index (κ1) is 14.0. The number of benzene rings is 1. The van der Waals surface area contributed by atoms with Crippen LogP contribution in [-0.2, 0) is 9.59 Å². The van der Waals surface area contributed by atoms with E-state index in [1.165, 1.54) is 28.0 Å². The Bertz CT molecular complexity index is 698. The largest absolute Gasteiger partial charge is 0.374 e. The summed E-state index contributed by atoms with van der Waals surface area (Å²) in [7, 11) is 0. The first-order chi connectivity index (χ1) is 10.0. The van der Waals surface area contributed by atoms with Crippen LogP contribution >= 0.6 is 23.1 Å². The minimum atomic E-state index is -0.467. The van der Waals surface area contributed by atoms with Crippen molar-refractivity contribution < 1.29 is 9.59 Å². The minimum Gasteiger partial charge on any atom is -0.374 e. The second-order valence-corrected chi connectivity index (χ2v) is 7.08. The molecular formula is C13H12N4O2S2. The Morgan fingerprint density at radius 2 is 2.00 bits per heavy atom. The van der Waals surface area contributed by atoms with Gasteiger partial charge in [0.2, 0.25) is 16.9 Å². The van der Waals surface area contributed by atoms with E-state index in [-0.39, 0.29) is 18.2 Å². The molecule has 0 spiro atoms. The number of rotatable bonds is 3. The fourth-order valence-corrected chi connectivity index (χ4v) is 3.95. The molecule has 1 aromatic heterocycles. The molecule has 2 heterocycles. The van der Waals surface area contributed by atoms with Crippen molar-refractivity contribution in [2.75, 3.05) is 10.6 Å². The van der Waals surface area contributed by atoms with Crippen LogP contribution in [0.25, 0.3) is 0 Å². The number of aryl methyl sites for hydroxylation is 1. The third kappa shape index (κ3) is 2.77. The van der Waals surface area contributed by atoms with Crippen LogP contribution in [-0.4, -0.2) is 27.3 Å². The number of carbonyl (C=O) groups is 2. The van der Waals surface area contributed by atoms with Crippen LogP contribution in [0.1, 0.15) is 12.0 Å². The van der Waals surface area contributed by atoms with Gasteiger partial charge in [-0.1, -0.05) is 40.8 Å². The Kier molecular flexibility index (Phi) is 3.64. The zero-order chi connectivity index (χ0) is 15.0. The Hall–Kier alpha value is -1.93. The van der Waals surface area contributed by atoms with E-state index in [0.29, 0.717) is 15.2 Å². The summed E-state index contributed by atoms with van der Waals surface area (Å²) in [6, 6.07) is 7.31. The lowest BCUT2D eigenvalue weighted by Gasteiger charge is -2.14. The third-order valence-electron chi connectivity index (χ3n) is 3.06. The van der Waals surface area contributed by atoms with Crippen LogP contribution in [0.2, 0.25) is 0 Å². The van der Waals surface area contributed by atoms with E-state index in [2.05, 4.69) is 10.2 Å². The van der Waals surface area contributed by atoms with Gasteiger partial charge < -0.3 is 5.73 Å². The number of thioether (sulfide) groups is 1. The molecule has 6 nitrogen and oxygen atoms in total. The molecule has 0 unspecified atom stereocenters. The maximum absolute atomic E-state index is 12.4. The first-order valence-corrected chi connectivity index (χ1v) is 7.93. The summed E-state index contributed by atoms with van der Waals surface area (Å²) in [6.45, 7) is 1.95. The number of hydrogen-bond donors (Lipinski definition) is 1. The number of amides is 2. The summed E-state index contributed by atoms with van der Waals surface area (Å²) in [5, 5.41) is 7.46. The molecule has 1 saturated heterocycles. The Morgan fingerprint density at radius 1 is 1.29 bits per heavy atom. The van der Waals surface area contributed by atoms with Crippen molar-refractivity contribution in [2.45, 2.75) is 22.9 Å². The zero-order valence-electron chi connectivity index (χ0n) is 11.1. The number of carbonyl (C=O) groups excluding carboxylic acids is 2. The topological polar surface area (TPSA) is 89.2 Å². The molecule has 3 rings (SSSR count). The van der Waals surface area contributed by atoms with Gasteiger partial charge in [0, 0.05) is 6.42 Å². The second kappa shape index (κ2) is 5.45. The maximum Gasteiger partial charge on any atom is 0.247 e. The molecule has 21 heavy (non-hydrogen) atoms. The standard InChI is InChI=1S/C13H12N4O2S2/c1-7-2-4-8(5-3-7)17-10(18)6-9(11(17)19)20-13-16-15-12(14)21-13/h2-5,9H,6H2,1H3,(H2,14,15)/t9-/m1/s1. The lowest BCUT2D eigenvalue weighted by molar-refractivity contribution is -0.121. The molecule has 0 aliphatic carbocycles. The molecule has 2 amide bonds. The van der Waals surface area contributed by atoms with Crippen molar-refractivity contribution in [3.63, 3.8) is 0 Å². The zero-order valence-corrected chi connectivity index (χ0v) is 12.8. The highest BCUT2D eigenvalue weighted by molar-refractivity contribution is 8.02. The molecule has 1 fully saturated rings. The van der Waals surface area contributed by atoms with Gasteiger partial charge in [-0.25, -0.2) is 4.90 Å². The number of imide groups is 1. The molecule has 8 heteroatoms. The molecule has 2 aromatic rings. The van der Waals surface area contributed by atoms with E-state index in [9.17, 15) is 9.59 Å². The molecule has 1 aromatic carbocycles. The lowest BCUT2D eigenvalue weighted by Crippen LogP contribution is -2.31. The average molecular weight is 320 g/mol. The van der Waals surface area contributed by atoms with Crippen molar-refractivity contribution >= 4 is 45.7 Å². The van der Waals surface area contributed by atoms with Crippen LogP contribution in [0, 0.1) is 6.92 Å². The molecule has 0 bridgehead atoms. The Balaban J connectivity index is 1.80. The quantitative estimate of drug-likeness (QED) is 0.868. The lowest BCUT2D eigenvalue weighted by atomic mass is 10.2. The van der Waals surface area contributed by atoms with Crippen molar-refractivity contribution in [3.8, 4) is 0 Å². The van der Waals surface area contributed by atoms with Gasteiger partial charge in [0.25, 0.3) is 0 Å². The molecule has 1 aliphatic rings. The highest BCUT2D eigenvalue weighted by Crippen LogP contribution is 2.35. The van der Waals surface area contributed by atoms with Gasteiger partial charge in [-0.05, 0) is 19.1 Å².